The van der Waals surface area contributed by atoms with Gasteiger partial charge in [-0.25, -0.2) is 4.79 Å². The molecule has 3 N–H and O–H groups in total. The van der Waals surface area contributed by atoms with E-state index < -0.39 is 11.2 Å². The molecule has 1 heterocycles. The van der Waals surface area contributed by atoms with Gasteiger partial charge in [-0.3, -0.25) is 14.6 Å². The Morgan fingerprint density at radius 2 is 2.00 bits per heavy atom. The lowest BCUT2D eigenvalue weighted by Crippen LogP contribution is -2.21. The number of anilines is 1. The van der Waals surface area contributed by atoms with Crippen LogP contribution in [0.5, 0.6) is 0 Å². The number of hydrogen-bond acceptors (Lipinski definition) is 3. The largest absolute Gasteiger partial charge is 0.326 e. The highest BCUT2D eigenvalue weighted by Gasteiger charge is 2.02. The van der Waals surface area contributed by atoms with Crippen LogP contribution in [0.2, 0.25) is 0 Å². The third-order valence-electron chi connectivity index (χ3n) is 2.06. The minimum absolute atomic E-state index is 0.222. The van der Waals surface area contributed by atoms with Crippen molar-refractivity contribution in [2.75, 3.05) is 5.32 Å². The number of carbonyl (C=O) groups is 1. The molecule has 0 fully saturated rings. The van der Waals surface area contributed by atoms with Crippen LogP contribution in [0.25, 0.3) is 10.9 Å². The van der Waals surface area contributed by atoms with Gasteiger partial charge in [-0.1, -0.05) is 0 Å². The summed E-state index contributed by atoms with van der Waals surface area (Å²) in [6, 6.07) is 4.68. The summed E-state index contributed by atoms with van der Waals surface area (Å²) in [7, 11) is 0. The predicted molar refractivity (Wildman–Crippen MR) is 59.5 cm³/mol. The average molecular weight is 219 g/mol. The highest BCUT2D eigenvalue weighted by atomic mass is 16.2. The lowest BCUT2D eigenvalue weighted by atomic mass is 10.2. The first-order chi connectivity index (χ1) is 7.56. The van der Waals surface area contributed by atoms with Crippen molar-refractivity contribution in [1.82, 2.24) is 9.97 Å². The van der Waals surface area contributed by atoms with Gasteiger partial charge in [0.1, 0.15) is 0 Å². The molecule has 82 valence electrons. The normalized spacial score (nSPS) is 10.3. The van der Waals surface area contributed by atoms with Gasteiger partial charge in [0.15, 0.2) is 0 Å². The molecule has 2 aromatic rings. The summed E-state index contributed by atoms with van der Waals surface area (Å²) in [5.74, 6) is -0.222. The molecule has 16 heavy (non-hydrogen) atoms. The maximum Gasteiger partial charge on any atom is 0.326 e. The van der Waals surface area contributed by atoms with E-state index in [0.29, 0.717) is 16.6 Å². The van der Waals surface area contributed by atoms with Crippen molar-refractivity contribution in [2.45, 2.75) is 6.92 Å². The Bertz CT molecular complexity index is 669. The molecule has 1 aromatic heterocycles. The summed E-state index contributed by atoms with van der Waals surface area (Å²) in [5, 5.41) is 2.88. The molecule has 1 amide bonds. The van der Waals surface area contributed by atoms with Crippen LogP contribution in [0.15, 0.2) is 27.8 Å². The number of hydrogen-bond donors (Lipinski definition) is 3. The van der Waals surface area contributed by atoms with Gasteiger partial charge in [0, 0.05) is 12.6 Å². The van der Waals surface area contributed by atoms with Crippen LogP contribution >= 0.6 is 0 Å². The number of fused-ring (bicyclic) bond motifs is 1. The van der Waals surface area contributed by atoms with E-state index >= 15 is 0 Å². The van der Waals surface area contributed by atoms with Crippen molar-refractivity contribution in [3.63, 3.8) is 0 Å². The molecule has 0 aliphatic heterocycles. The molecule has 0 aliphatic rings. The molecule has 6 nitrogen and oxygen atoms in total. The summed E-state index contributed by atoms with van der Waals surface area (Å²) in [6.07, 6.45) is 0. The maximum absolute atomic E-state index is 11.4. The molecular formula is C10H9N3O3. The second-order valence-corrected chi connectivity index (χ2v) is 3.35. The third kappa shape index (κ3) is 1.85. The summed E-state index contributed by atoms with van der Waals surface area (Å²) < 4.78 is 0. The van der Waals surface area contributed by atoms with Crippen LogP contribution in [0, 0.1) is 0 Å². The summed E-state index contributed by atoms with van der Waals surface area (Å²) in [6.45, 7) is 1.38. The van der Waals surface area contributed by atoms with Gasteiger partial charge in [-0.05, 0) is 18.2 Å². The lowest BCUT2D eigenvalue weighted by Gasteiger charge is -2.02. The Morgan fingerprint density at radius 1 is 1.25 bits per heavy atom. The van der Waals surface area contributed by atoms with Crippen molar-refractivity contribution < 1.29 is 4.79 Å². The van der Waals surface area contributed by atoms with Gasteiger partial charge in [-0.2, -0.15) is 0 Å². The predicted octanol–water partition coefficient (Wildman–Crippen LogP) is 0.175. The molecule has 0 aliphatic carbocycles. The number of H-pyrrole nitrogens is 2. The molecular weight excluding hydrogens is 210 g/mol. The Labute approximate surface area is 89.3 Å². The van der Waals surface area contributed by atoms with Crippen molar-refractivity contribution >= 4 is 22.5 Å². The first-order valence-corrected chi connectivity index (χ1v) is 4.60. The van der Waals surface area contributed by atoms with Gasteiger partial charge < -0.3 is 10.3 Å². The van der Waals surface area contributed by atoms with E-state index in [1.165, 1.54) is 13.0 Å². The maximum atomic E-state index is 11.4. The summed E-state index contributed by atoms with van der Waals surface area (Å²) in [4.78, 5) is 37.9. The zero-order valence-electron chi connectivity index (χ0n) is 8.46. The Hall–Kier alpha value is -2.37. The molecule has 0 radical (unpaired) electrons. The monoisotopic (exact) mass is 219 g/mol. The van der Waals surface area contributed by atoms with Crippen LogP contribution in [-0.2, 0) is 4.79 Å². The van der Waals surface area contributed by atoms with Crippen molar-refractivity contribution in [3.05, 3.63) is 39.0 Å². The molecule has 0 saturated carbocycles. The fourth-order valence-corrected chi connectivity index (χ4v) is 1.45. The number of aromatic nitrogens is 2. The molecule has 0 unspecified atom stereocenters. The zero-order chi connectivity index (χ0) is 11.7. The first kappa shape index (κ1) is 10.2. The molecule has 0 atom stereocenters. The van der Waals surface area contributed by atoms with Gasteiger partial charge in [-0.15, -0.1) is 0 Å². The van der Waals surface area contributed by atoms with Gasteiger partial charge in [0.25, 0.3) is 5.56 Å². The summed E-state index contributed by atoms with van der Waals surface area (Å²) >= 11 is 0. The lowest BCUT2D eigenvalue weighted by molar-refractivity contribution is -0.114. The number of benzene rings is 1. The average Bonchev–Trinajstić information content (AvgIpc) is 2.18. The van der Waals surface area contributed by atoms with Crippen LogP contribution in [-0.4, -0.2) is 15.9 Å². The molecule has 0 bridgehead atoms. The minimum atomic E-state index is -0.551. The Balaban J connectivity index is 2.66. The third-order valence-corrected chi connectivity index (χ3v) is 2.06. The van der Waals surface area contributed by atoms with E-state index in [-0.39, 0.29) is 5.91 Å². The highest BCUT2D eigenvalue weighted by Crippen LogP contribution is 2.12. The van der Waals surface area contributed by atoms with Crippen LogP contribution < -0.4 is 16.6 Å². The van der Waals surface area contributed by atoms with Gasteiger partial charge in [0.2, 0.25) is 5.91 Å². The molecule has 0 spiro atoms. The second kappa shape index (κ2) is 3.65. The second-order valence-electron chi connectivity index (χ2n) is 3.35. The van der Waals surface area contributed by atoms with Crippen LogP contribution in [0.3, 0.4) is 0 Å². The molecule has 0 saturated heterocycles. The van der Waals surface area contributed by atoms with Crippen molar-refractivity contribution in [3.8, 4) is 0 Å². The quantitative estimate of drug-likeness (QED) is 0.638. The van der Waals surface area contributed by atoms with Gasteiger partial charge in [0.05, 0.1) is 10.9 Å². The van der Waals surface area contributed by atoms with Crippen molar-refractivity contribution in [2.24, 2.45) is 0 Å². The number of amides is 1. The van der Waals surface area contributed by atoms with E-state index in [9.17, 15) is 14.4 Å². The summed E-state index contributed by atoms with van der Waals surface area (Å²) in [5.41, 5.74) is -0.0869. The Kier molecular flexibility index (Phi) is 2.32. The SMILES string of the molecule is CC(=O)Nc1ccc2[nH]c(=O)[nH]c(=O)c2c1. The first-order valence-electron chi connectivity index (χ1n) is 4.60. The fourth-order valence-electron chi connectivity index (χ4n) is 1.45. The van der Waals surface area contributed by atoms with Crippen molar-refractivity contribution in [1.29, 1.82) is 0 Å². The topological polar surface area (TPSA) is 94.8 Å². The van der Waals surface area contributed by atoms with Gasteiger partial charge >= 0.3 is 5.69 Å². The highest BCUT2D eigenvalue weighted by molar-refractivity contribution is 5.91. The van der Waals surface area contributed by atoms with Crippen LogP contribution in [0.1, 0.15) is 6.92 Å². The van der Waals surface area contributed by atoms with E-state index in [1.54, 1.807) is 12.1 Å². The number of rotatable bonds is 1. The molecule has 1 aromatic carbocycles. The van der Waals surface area contributed by atoms with E-state index in [1.807, 2.05) is 0 Å². The standard InChI is InChI=1S/C10H9N3O3/c1-5(14)11-6-2-3-8-7(4-6)9(15)13-10(16)12-8/h2-4H,1H3,(H,11,14)(H2,12,13,15,16). The Morgan fingerprint density at radius 3 is 2.69 bits per heavy atom. The van der Waals surface area contributed by atoms with E-state index in [0.717, 1.165) is 0 Å². The van der Waals surface area contributed by atoms with Crippen LogP contribution in [0.4, 0.5) is 5.69 Å². The fraction of sp³-hybridized carbons (Fsp3) is 0.100. The number of carbonyl (C=O) groups excluding carboxylic acids is 1. The molecule has 2 rings (SSSR count). The number of nitrogens with one attached hydrogen (secondary N) is 3. The van der Waals surface area contributed by atoms with E-state index in [4.69, 9.17) is 0 Å². The minimum Gasteiger partial charge on any atom is -0.326 e. The smallest absolute Gasteiger partial charge is 0.326 e. The zero-order valence-corrected chi connectivity index (χ0v) is 8.46. The number of aromatic amines is 2. The molecule has 6 heteroatoms. The van der Waals surface area contributed by atoms with E-state index in [2.05, 4.69) is 15.3 Å².